The summed E-state index contributed by atoms with van der Waals surface area (Å²) in [5.74, 6) is 1.08. The molecular weight excluding hydrogens is 358 g/mol. The van der Waals surface area contributed by atoms with Crippen molar-refractivity contribution < 1.29 is 19.4 Å². The van der Waals surface area contributed by atoms with E-state index < -0.39 is 6.09 Å². The number of amides is 1. The van der Waals surface area contributed by atoms with Crippen LogP contribution in [0.15, 0.2) is 10.5 Å². The third-order valence-corrected chi connectivity index (χ3v) is 3.43. The zero-order valence-electron chi connectivity index (χ0n) is 9.21. The summed E-state index contributed by atoms with van der Waals surface area (Å²) in [5.41, 5.74) is 1.17. The minimum atomic E-state index is -1.15. The average molecular weight is 369 g/mol. The van der Waals surface area contributed by atoms with E-state index in [1.54, 1.807) is 6.07 Å². The Morgan fingerprint density at radius 2 is 2.12 bits per heavy atom. The van der Waals surface area contributed by atoms with E-state index in [1.165, 1.54) is 14.2 Å². The molecule has 0 aliphatic heterocycles. The second-order valence-electron chi connectivity index (χ2n) is 3.02. The molecule has 1 rings (SSSR count). The molecule has 0 radical (unpaired) electrons. The Kier molecular flexibility index (Phi) is 5.07. The lowest BCUT2D eigenvalue weighted by molar-refractivity contribution is 0.209. The largest absolute Gasteiger partial charge is 0.496 e. The van der Waals surface area contributed by atoms with Crippen molar-refractivity contribution in [3.05, 3.63) is 16.1 Å². The first-order valence-corrected chi connectivity index (χ1v) is 6.45. The maximum absolute atomic E-state index is 10.7. The van der Waals surface area contributed by atoms with Crippen molar-refractivity contribution >= 4 is 43.6 Å². The maximum Gasteiger partial charge on any atom is 0.409 e. The predicted molar refractivity (Wildman–Crippen MR) is 71.5 cm³/mol. The van der Waals surface area contributed by atoms with Crippen molar-refractivity contribution in [2.45, 2.75) is 5.33 Å². The van der Waals surface area contributed by atoms with Crippen LogP contribution in [-0.2, 0) is 5.33 Å². The van der Waals surface area contributed by atoms with Gasteiger partial charge in [-0.05, 0) is 15.9 Å². The van der Waals surface area contributed by atoms with Gasteiger partial charge in [0, 0.05) is 17.0 Å². The Morgan fingerprint density at radius 3 is 2.53 bits per heavy atom. The van der Waals surface area contributed by atoms with Gasteiger partial charge in [0.1, 0.15) is 11.5 Å². The zero-order chi connectivity index (χ0) is 13.0. The van der Waals surface area contributed by atoms with Crippen LogP contribution in [-0.4, -0.2) is 25.4 Å². The highest BCUT2D eigenvalue weighted by Crippen LogP contribution is 2.42. The van der Waals surface area contributed by atoms with Crippen LogP contribution < -0.4 is 14.8 Å². The summed E-state index contributed by atoms with van der Waals surface area (Å²) in [7, 11) is 3.02. The van der Waals surface area contributed by atoms with Gasteiger partial charge in [-0.15, -0.1) is 0 Å². The Hall–Kier alpha value is -0.950. The van der Waals surface area contributed by atoms with Crippen LogP contribution in [0.3, 0.4) is 0 Å². The number of carboxylic acid groups (broad SMARTS) is 1. The molecule has 0 aliphatic carbocycles. The van der Waals surface area contributed by atoms with Crippen molar-refractivity contribution in [1.82, 2.24) is 0 Å². The highest BCUT2D eigenvalue weighted by molar-refractivity contribution is 9.10. The van der Waals surface area contributed by atoms with Gasteiger partial charge in [-0.1, -0.05) is 15.9 Å². The number of halogens is 2. The van der Waals surface area contributed by atoms with Gasteiger partial charge in [0.25, 0.3) is 0 Å². The summed E-state index contributed by atoms with van der Waals surface area (Å²) in [6, 6.07) is 1.59. The van der Waals surface area contributed by atoms with Crippen molar-refractivity contribution in [2.24, 2.45) is 0 Å². The first kappa shape index (κ1) is 14.1. The molecule has 0 bridgehead atoms. The van der Waals surface area contributed by atoms with Crippen LogP contribution in [0.1, 0.15) is 5.56 Å². The number of carbonyl (C=O) groups is 1. The summed E-state index contributed by atoms with van der Waals surface area (Å²) in [4.78, 5) is 10.7. The highest BCUT2D eigenvalue weighted by atomic mass is 79.9. The molecule has 0 unspecified atom stereocenters. The molecule has 0 aromatic heterocycles. The number of benzene rings is 1. The smallest absolute Gasteiger partial charge is 0.409 e. The first-order chi connectivity index (χ1) is 8.04. The van der Waals surface area contributed by atoms with Gasteiger partial charge in [0.15, 0.2) is 0 Å². The number of rotatable bonds is 4. The molecule has 17 heavy (non-hydrogen) atoms. The van der Waals surface area contributed by atoms with Crippen molar-refractivity contribution in [3.8, 4) is 11.5 Å². The van der Waals surface area contributed by atoms with Gasteiger partial charge in [0.2, 0.25) is 0 Å². The van der Waals surface area contributed by atoms with Crippen molar-refractivity contribution in [2.75, 3.05) is 19.5 Å². The summed E-state index contributed by atoms with van der Waals surface area (Å²) in [6.45, 7) is 0. The molecule has 7 heteroatoms. The number of hydrogen-bond acceptors (Lipinski definition) is 3. The molecule has 0 aliphatic rings. The minimum absolute atomic E-state index is 0.371. The molecular formula is C10H11Br2NO4. The SMILES string of the molecule is COc1cc(NC(=O)O)c(Br)c(OC)c1CBr. The quantitative estimate of drug-likeness (QED) is 0.798. The number of alkyl halides is 1. The monoisotopic (exact) mass is 367 g/mol. The number of hydrogen-bond donors (Lipinski definition) is 2. The molecule has 2 N–H and O–H groups in total. The fraction of sp³-hybridized carbons (Fsp3) is 0.300. The number of anilines is 1. The van der Waals surface area contributed by atoms with Crippen LogP contribution >= 0.6 is 31.9 Å². The van der Waals surface area contributed by atoms with Crippen LogP contribution in [0, 0.1) is 0 Å². The lowest BCUT2D eigenvalue weighted by Gasteiger charge is -2.16. The van der Waals surface area contributed by atoms with E-state index in [0.29, 0.717) is 27.0 Å². The van der Waals surface area contributed by atoms with Gasteiger partial charge >= 0.3 is 6.09 Å². The Balaban J connectivity index is 3.39. The van der Waals surface area contributed by atoms with Gasteiger partial charge < -0.3 is 14.6 Å². The Morgan fingerprint density at radius 1 is 1.47 bits per heavy atom. The third kappa shape index (κ3) is 3.04. The molecule has 0 spiro atoms. The normalized spacial score (nSPS) is 9.88. The minimum Gasteiger partial charge on any atom is -0.496 e. The van der Waals surface area contributed by atoms with Crippen LogP contribution in [0.4, 0.5) is 10.5 Å². The van der Waals surface area contributed by atoms with Gasteiger partial charge in [0.05, 0.1) is 24.4 Å². The van der Waals surface area contributed by atoms with Gasteiger partial charge in [-0.2, -0.15) is 0 Å². The van der Waals surface area contributed by atoms with E-state index in [-0.39, 0.29) is 0 Å². The fourth-order valence-electron chi connectivity index (χ4n) is 1.38. The highest BCUT2D eigenvalue weighted by Gasteiger charge is 2.18. The molecule has 0 atom stereocenters. The Labute approximate surface area is 115 Å². The van der Waals surface area contributed by atoms with E-state index in [9.17, 15) is 4.79 Å². The molecule has 0 saturated carbocycles. The van der Waals surface area contributed by atoms with Gasteiger partial charge in [-0.3, -0.25) is 5.32 Å². The van der Waals surface area contributed by atoms with Crippen LogP contribution in [0.25, 0.3) is 0 Å². The zero-order valence-corrected chi connectivity index (χ0v) is 12.4. The van der Waals surface area contributed by atoms with E-state index in [0.717, 1.165) is 5.56 Å². The first-order valence-electron chi connectivity index (χ1n) is 4.54. The molecule has 0 fully saturated rings. The van der Waals surface area contributed by atoms with Crippen LogP contribution in [0.2, 0.25) is 0 Å². The molecule has 1 amide bonds. The molecule has 94 valence electrons. The lowest BCUT2D eigenvalue weighted by atomic mass is 10.1. The second-order valence-corrected chi connectivity index (χ2v) is 4.37. The summed E-state index contributed by atoms with van der Waals surface area (Å²) < 4.78 is 11.0. The number of nitrogens with one attached hydrogen (secondary N) is 1. The molecule has 1 aromatic carbocycles. The number of methoxy groups -OCH3 is 2. The Bertz CT molecular complexity index is 437. The summed E-state index contributed by atoms with van der Waals surface area (Å²) >= 11 is 6.63. The van der Waals surface area contributed by atoms with E-state index in [1.807, 2.05) is 0 Å². The molecule has 0 heterocycles. The fourth-order valence-corrected chi connectivity index (χ4v) is 2.52. The van der Waals surface area contributed by atoms with Crippen LogP contribution in [0.5, 0.6) is 11.5 Å². The lowest BCUT2D eigenvalue weighted by Crippen LogP contribution is -2.09. The topological polar surface area (TPSA) is 67.8 Å². The summed E-state index contributed by atoms with van der Waals surface area (Å²) in [6.07, 6.45) is -1.15. The number of ether oxygens (including phenoxy) is 2. The van der Waals surface area contributed by atoms with Crippen molar-refractivity contribution in [1.29, 1.82) is 0 Å². The molecule has 1 aromatic rings. The van der Waals surface area contributed by atoms with Crippen molar-refractivity contribution in [3.63, 3.8) is 0 Å². The van der Waals surface area contributed by atoms with E-state index >= 15 is 0 Å². The van der Waals surface area contributed by atoms with Gasteiger partial charge in [-0.25, -0.2) is 4.79 Å². The second kappa shape index (κ2) is 6.11. The molecule has 5 nitrogen and oxygen atoms in total. The standard InChI is InChI=1S/C10H11Br2NO4/c1-16-7-3-6(13-10(14)15)8(12)9(17-2)5(7)4-11/h3,13H,4H2,1-2H3,(H,14,15). The third-order valence-electron chi connectivity index (χ3n) is 2.08. The van der Waals surface area contributed by atoms with E-state index in [4.69, 9.17) is 14.6 Å². The van der Waals surface area contributed by atoms with E-state index in [2.05, 4.69) is 37.2 Å². The molecule has 0 saturated heterocycles. The predicted octanol–water partition coefficient (Wildman–Crippen LogP) is 3.45. The average Bonchev–Trinajstić information content (AvgIpc) is 2.30. The maximum atomic E-state index is 10.7. The summed E-state index contributed by atoms with van der Waals surface area (Å²) in [5, 5.41) is 11.5.